The molecule has 0 spiro atoms. The van der Waals surface area contributed by atoms with Crippen molar-refractivity contribution in [1.82, 2.24) is 4.98 Å². The van der Waals surface area contributed by atoms with E-state index in [4.69, 9.17) is 8.83 Å². The van der Waals surface area contributed by atoms with Gasteiger partial charge >= 0.3 is 0 Å². The summed E-state index contributed by atoms with van der Waals surface area (Å²) in [5.74, 6) is 0.705. The fourth-order valence-electron chi connectivity index (χ4n) is 4.01. The van der Waals surface area contributed by atoms with Crippen molar-refractivity contribution < 1.29 is 13.6 Å². The van der Waals surface area contributed by atoms with Gasteiger partial charge in [0.1, 0.15) is 23.3 Å². The van der Waals surface area contributed by atoms with Crippen molar-refractivity contribution in [2.24, 2.45) is 0 Å². The van der Waals surface area contributed by atoms with Gasteiger partial charge in [-0.25, -0.2) is 0 Å². The van der Waals surface area contributed by atoms with E-state index in [1.54, 1.807) is 36.4 Å². The van der Waals surface area contributed by atoms with Crippen molar-refractivity contribution in [2.75, 3.05) is 0 Å². The number of furan rings is 1. The Morgan fingerprint density at radius 1 is 0.939 bits per heavy atom. The molecular formula is C26H11N3O3S. The molecule has 6 rings (SSSR count). The molecule has 0 saturated heterocycles. The number of hydrogen-bond acceptors (Lipinski definition) is 7. The predicted octanol–water partition coefficient (Wildman–Crippen LogP) is 6.38. The summed E-state index contributed by atoms with van der Waals surface area (Å²) in [5.41, 5.74) is 2.98. The fourth-order valence-corrected chi connectivity index (χ4v) is 4.90. The molecule has 1 aliphatic carbocycles. The van der Waals surface area contributed by atoms with E-state index in [1.807, 2.05) is 42.5 Å². The standard InChI is InChI=1S/C26H11N3O3S/c27-12-15(13-28)23-17-6-2-3-7-18(17)24(30)19(23)10-16-11-22-26(33-16)29-25(32-22)21-9-14-5-1-4-8-20(14)31-21/h1-11H/b19-10-. The number of rotatable bonds is 2. The molecule has 3 aromatic heterocycles. The third-order valence-electron chi connectivity index (χ3n) is 5.46. The molecule has 5 aromatic rings. The highest BCUT2D eigenvalue weighted by Gasteiger charge is 2.32. The van der Waals surface area contributed by atoms with Crippen LogP contribution in [0.5, 0.6) is 0 Å². The van der Waals surface area contributed by atoms with E-state index in [2.05, 4.69) is 4.98 Å². The number of carbonyl (C=O) groups is 1. The van der Waals surface area contributed by atoms with Gasteiger partial charge in [-0.1, -0.05) is 42.5 Å². The van der Waals surface area contributed by atoms with Crippen LogP contribution in [-0.2, 0) is 0 Å². The number of ketones is 1. The molecule has 0 unspecified atom stereocenters. The summed E-state index contributed by atoms with van der Waals surface area (Å²) < 4.78 is 11.7. The monoisotopic (exact) mass is 445 g/mol. The summed E-state index contributed by atoms with van der Waals surface area (Å²) in [5, 5.41) is 19.9. The van der Waals surface area contributed by atoms with Gasteiger partial charge in [0.15, 0.2) is 22.0 Å². The van der Waals surface area contributed by atoms with Crippen molar-refractivity contribution in [3.63, 3.8) is 0 Å². The van der Waals surface area contributed by atoms with Crippen LogP contribution in [0.2, 0.25) is 0 Å². The molecule has 3 heterocycles. The lowest BCUT2D eigenvalue weighted by atomic mass is 9.99. The second-order valence-electron chi connectivity index (χ2n) is 7.39. The number of carbonyl (C=O) groups excluding carboxylic acids is 1. The number of nitriles is 2. The molecule has 0 saturated carbocycles. The van der Waals surface area contributed by atoms with Crippen molar-refractivity contribution in [3.8, 4) is 23.8 Å². The van der Waals surface area contributed by atoms with Gasteiger partial charge < -0.3 is 8.83 Å². The van der Waals surface area contributed by atoms with Gasteiger partial charge in [0.05, 0.1) is 0 Å². The topological polar surface area (TPSA) is 104 Å². The highest BCUT2D eigenvalue weighted by atomic mass is 32.1. The first-order chi connectivity index (χ1) is 16.2. The number of thiophene rings is 1. The summed E-state index contributed by atoms with van der Waals surface area (Å²) in [6, 6.07) is 22.2. The van der Waals surface area contributed by atoms with E-state index in [1.165, 1.54) is 11.3 Å². The Morgan fingerprint density at radius 2 is 1.70 bits per heavy atom. The molecule has 1 aliphatic rings. The van der Waals surface area contributed by atoms with E-state index < -0.39 is 0 Å². The van der Waals surface area contributed by atoms with Crippen LogP contribution >= 0.6 is 11.3 Å². The van der Waals surface area contributed by atoms with Crippen LogP contribution < -0.4 is 0 Å². The first kappa shape index (κ1) is 19.0. The van der Waals surface area contributed by atoms with E-state index in [9.17, 15) is 15.3 Å². The smallest absolute Gasteiger partial charge is 0.264 e. The van der Waals surface area contributed by atoms with Gasteiger partial charge in [-0.15, -0.1) is 11.3 Å². The Labute approximate surface area is 190 Å². The maximum absolute atomic E-state index is 13.1. The molecular weight excluding hydrogens is 434 g/mol. The summed E-state index contributed by atoms with van der Waals surface area (Å²) in [6.07, 6.45) is 1.69. The van der Waals surface area contributed by atoms with E-state index in [-0.39, 0.29) is 11.4 Å². The molecule has 0 fully saturated rings. The van der Waals surface area contributed by atoms with Crippen LogP contribution in [0.15, 0.2) is 80.6 Å². The van der Waals surface area contributed by atoms with Crippen LogP contribution in [-0.4, -0.2) is 10.8 Å². The number of allylic oxidation sites excluding steroid dienone is 3. The van der Waals surface area contributed by atoms with Crippen LogP contribution in [0.3, 0.4) is 0 Å². The molecule has 0 N–H and O–H groups in total. The highest BCUT2D eigenvalue weighted by molar-refractivity contribution is 7.19. The molecule has 6 nitrogen and oxygen atoms in total. The maximum atomic E-state index is 13.1. The molecule has 33 heavy (non-hydrogen) atoms. The molecule has 0 atom stereocenters. The average Bonchev–Trinajstić information content (AvgIpc) is 3.57. The molecule has 0 bridgehead atoms. The third kappa shape index (κ3) is 2.92. The number of hydrogen-bond donors (Lipinski definition) is 0. The first-order valence-electron chi connectivity index (χ1n) is 9.96. The van der Waals surface area contributed by atoms with Crippen LogP contribution in [0.25, 0.3) is 44.7 Å². The molecule has 7 heteroatoms. The van der Waals surface area contributed by atoms with Gasteiger partial charge in [0.25, 0.3) is 5.89 Å². The Hall–Kier alpha value is -4.72. The zero-order valence-corrected chi connectivity index (χ0v) is 17.6. The Bertz CT molecular complexity index is 1680. The van der Waals surface area contributed by atoms with Gasteiger partial charge in [0.2, 0.25) is 0 Å². The lowest BCUT2D eigenvalue weighted by Crippen LogP contribution is -1.95. The number of para-hydroxylation sites is 1. The molecule has 0 amide bonds. The SMILES string of the molecule is N#CC(C#N)=C1/C(=C/c2cc3oc(-c4cc5ccccc5o4)nc3s2)C(=O)c2ccccc21. The minimum Gasteiger partial charge on any atom is -0.451 e. The Kier molecular flexibility index (Phi) is 4.13. The minimum atomic E-state index is -0.218. The summed E-state index contributed by atoms with van der Waals surface area (Å²) in [7, 11) is 0. The first-order valence-corrected chi connectivity index (χ1v) is 10.8. The van der Waals surface area contributed by atoms with Crippen LogP contribution in [0, 0.1) is 22.7 Å². The van der Waals surface area contributed by atoms with Gasteiger partial charge in [-0.2, -0.15) is 15.5 Å². The second kappa shape index (κ2) is 7.16. The molecule has 0 radical (unpaired) electrons. The Morgan fingerprint density at radius 3 is 2.45 bits per heavy atom. The second-order valence-corrected chi connectivity index (χ2v) is 8.45. The zero-order valence-electron chi connectivity index (χ0n) is 16.8. The highest BCUT2D eigenvalue weighted by Crippen LogP contribution is 2.41. The number of oxazole rings is 1. The average molecular weight is 445 g/mol. The number of nitrogens with zero attached hydrogens (tertiary/aromatic N) is 3. The lowest BCUT2D eigenvalue weighted by Gasteiger charge is -2.00. The van der Waals surface area contributed by atoms with E-state index in [0.29, 0.717) is 44.3 Å². The van der Waals surface area contributed by atoms with Crippen molar-refractivity contribution >= 4 is 50.2 Å². The van der Waals surface area contributed by atoms with Crippen LogP contribution in [0.4, 0.5) is 0 Å². The number of fused-ring (bicyclic) bond motifs is 3. The summed E-state index contributed by atoms with van der Waals surface area (Å²) in [6.45, 7) is 0. The van der Waals surface area contributed by atoms with Gasteiger partial charge in [-0.3, -0.25) is 4.79 Å². The maximum Gasteiger partial charge on any atom is 0.264 e. The summed E-state index contributed by atoms with van der Waals surface area (Å²) >= 11 is 1.35. The van der Waals surface area contributed by atoms with Crippen molar-refractivity contribution in [1.29, 1.82) is 10.5 Å². The van der Waals surface area contributed by atoms with Gasteiger partial charge in [-0.05, 0) is 23.8 Å². The Balaban J connectivity index is 1.43. The molecule has 0 aliphatic heterocycles. The summed E-state index contributed by atoms with van der Waals surface area (Å²) in [4.78, 5) is 19.0. The number of aromatic nitrogens is 1. The lowest BCUT2D eigenvalue weighted by molar-refractivity contribution is 0.104. The van der Waals surface area contributed by atoms with Gasteiger partial charge in [0, 0.05) is 33.0 Å². The number of Topliss-reactive ketones (excluding diaryl/α,β-unsaturated/α-hetero) is 1. The van der Waals surface area contributed by atoms with E-state index in [0.717, 1.165) is 15.8 Å². The fraction of sp³-hybridized carbons (Fsp3) is 0. The third-order valence-corrected chi connectivity index (χ3v) is 6.42. The van der Waals surface area contributed by atoms with Crippen molar-refractivity contribution in [3.05, 3.63) is 87.8 Å². The van der Waals surface area contributed by atoms with Crippen molar-refractivity contribution in [2.45, 2.75) is 0 Å². The van der Waals surface area contributed by atoms with Crippen LogP contribution in [0.1, 0.15) is 20.8 Å². The number of benzene rings is 2. The van der Waals surface area contributed by atoms with E-state index >= 15 is 0 Å². The quantitative estimate of drug-likeness (QED) is 0.231. The largest absolute Gasteiger partial charge is 0.451 e. The predicted molar refractivity (Wildman–Crippen MR) is 124 cm³/mol. The zero-order chi connectivity index (χ0) is 22.5. The molecule has 154 valence electrons. The molecule has 2 aromatic carbocycles. The minimum absolute atomic E-state index is 0.0925. The normalized spacial score (nSPS) is 14.1.